The summed E-state index contributed by atoms with van der Waals surface area (Å²) in [4.78, 5) is 21.9. The molecule has 3 nitrogen and oxygen atoms in total. The second-order valence-corrected chi connectivity index (χ2v) is 4.26. The van der Waals surface area contributed by atoms with E-state index in [1.54, 1.807) is 6.92 Å². The summed E-state index contributed by atoms with van der Waals surface area (Å²) in [7, 11) is 0. The molecular weight excluding hydrogens is 168 g/mol. The molecule has 0 bridgehead atoms. The minimum absolute atomic E-state index is 0.0990. The molecule has 0 aromatic rings. The predicted molar refractivity (Wildman–Crippen MR) is 48.4 cm³/mol. The van der Waals surface area contributed by atoms with Gasteiger partial charge >= 0.3 is 5.97 Å². The number of ketones is 1. The molecule has 74 valence electrons. The highest BCUT2D eigenvalue weighted by molar-refractivity contribution is 5.87. The predicted octanol–water partition coefficient (Wildman–Crippen LogP) is 1.86. The van der Waals surface area contributed by atoms with Crippen LogP contribution in [0.25, 0.3) is 0 Å². The first kappa shape index (κ1) is 10.2. The molecule has 1 unspecified atom stereocenters. The lowest BCUT2D eigenvalue weighted by atomic mass is 9.95. The molecule has 1 rings (SSSR count). The third kappa shape index (κ3) is 2.54. The topological polar surface area (TPSA) is 54.4 Å². The van der Waals surface area contributed by atoms with Gasteiger partial charge in [-0.05, 0) is 19.3 Å². The summed E-state index contributed by atoms with van der Waals surface area (Å²) in [6.45, 7) is 3.60. The molecule has 0 saturated heterocycles. The molecule has 0 aromatic heterocycles. The van der Waals surface area contributed by atoms with Crippen molar-refractivity contribution < 1.29 is 14.7 Å². The first-order valence-electron chi connectivity index (χ1n) is 4.72. The van der Waals surface area contributed by atoms with Crippen molar-refractivity contribution in [3.05, 3.63) is 0 Å². The first-order valence-corrected chi connectivity index (χ1v) is 4.72. The molecule has 1 saturated carbocycles. The summed E-state index contributed by atoms with van der Waals surface area (Å²) >= 11 is 0. The van der Waals surface area contributed by atoms with Crippen molar-refractivity contribution in [1.82, 2.24) is 0 Å². The van der Waals surface area contributed by atoms with Gasteiger partial charge in [-0.25, -0.2) is 0 Å². The third-order valence-electron chi connectivity index (χ3n) is 2.90. The highest BCUT2D eigenvalue weighted by Gasteiger charge is 2.43. The van der Waals surface area contributed by atoms with Gasteiger partial charge in [-0.2, -0.15) is 0 Å². The van der Waals surface area contributed by atoms with Gasteiger partial charge in [-0.15, -0.1) is 0 Å². The van der Waals surface area contributed by atoms with Gasteiger partial charge in [0, 0.05) is 11.8 Å². The van der Waals surface area contributed by atoms with E-state index in [9.17, 15) is 9.59 Å². The van der Waals surface area contributed by atoms with Gasteiger partial charge in [0.15, 0.2) is 0 Å². The van der Waals surface area contributed by atoms with Crippen molar-refractivity contribution in [1.29, 1.82) is 0 Å². The maximum atomic E-state index is 11.5. The Labute approximate surface area is 78.1 Å². The number of carboxylic acid groups (broad SMARTS) is 1. The van der Waals surface area contributed by atoms with Crippen LogP contribution in [0.2, 0.25) is 0 Å². The van der Waals surface area contributed by atoms with E-state index < -0.39 is 11.9 Å². The molecule has 0 aliphatic heterocycles. The Balaban J connectivity index is 2.26. The summed E-state index contributed by atoms with van der Waals surface area (Å²) in [6, 6.07) is 0. The number of hydrogen-bond donors (Lipinski definition) is 1. The van der Waals surface area contributed by atoms with E-state index in [4.69, 9.17) is 5.11 Å². The SMILES string of the molecule is CC(CCC(=O)C1(C)CC1)C(=O)O. The molecule has 0 radical (unpaired) electrons. The lowest BCUT2D eigenvalue weighted by Gasteiger charge is -2.08. The maximum absolute atomic E-state index is 11.5. The van der Waals surface area contributed by atoms with Gasteiger partial charge in [-0.1, -0.05) is 13.8 Å². The molecule has 1 aliphatic carbocycles. The Bertz CT molecular complexity index is 228. The van der Waals surface area contributed by atoms with E-state index in [0.717, 1.165) is 12.8 Å². The number of aliphatic carboxylic acids is 1. The summed E-state index contributed by atoms with van der Waals surface area (Å²) in [5, 5.41) is 8.60. The molecule has 0 spiro atoms. The van der Waals surface area contributed by atoms with E-state index >= 15 is 0 Å². The van der Waals surface area contributed by atoms with Crippen LogP contribution in [0.15, 0.2) is 0 Å². The molecule has 1 N–H and O–H groups in total. The molecule has 0 aromatic carbocycles. The maximum Gasteiger partial charge on any atom is 0.306 e. The van der Waals surface area contributed by atoms with E-state index in [-0.39, 0.29) is 11.2 Å². The molecular formula is C10H16O3. The lowest BCUT2D eigenvalue weighted by Crippen LogP contribution is -2.16. The van der Waals surface area contributed by atoms with Crippen molar-refractivity contribution in [2.45, 2.75) is 39.5 Å². The van der Waals surface area contributed by atoms with Crippen molar-refractivity contribution in [2.24, 2.45) is 11.3 Å². The van der Waals surface area contributed by atoms with E-state index in [1.165, 1.54) is 0 Å². The summed E-state index contributed by atoms with van der Waals surface area (Å²) < 4.78 is 0. The highest BCUT2D eigenvalue weighted by Crippen LogP contribution is 2.46. The van der Waals surface area contributed by atoms with Crippen LogP contribution in [0.1, 0.15) is 39.5 Å². The zero-order valence-electron chi connectivity index (χ0n) is 8.17. The molecule has 0 amide bonds. The lowest BCUT2D eigenvalue weighted by molar-refractivity contribution is -0.141. The van der Waals surface area contributed by atoms with E-state index in [0.29, 0.717) is 12.8 Å². The smallest absolute Gasteiger partial charge is 0.306 e. The van der Waals surface area contributed by atoms with Crippen molar-refractivity contribution in [3.63, 3.8) is 0 Å². The summed E-state index contributed by atoms with van der Waals surface area (Å²) in [5.74, 6) is -0.972. The van der Waals surface area contributed by atoms with E-state index in [2.05, 4.69) is 0 Å². The number of Topliss-reactive ketones (excluding diaryl/α,β-unsaturated/α-hetero) is 1. The largest absolute Gasteiger partial charge is 0.481 e. The number of carbonyl (C=O) groups excluding carboxylic acids is 1. The standard InChI is InChI=1S/C10H16O3/c1-7(9(12)13)3-4-8(11)10(2)5-6-10/h7H,3-6H2,1-2H3,(H,12,13). The summed E-state index contributed by atoms with van der Waals surface area (Å²) in [6.07, 6.45) is 2.86. The second kappa shape index (κ2) is 3.48. The van der Waals surface area contributed by atoms with Crippen LogP contribution in [0, 0.1) is 11.3 Å². The van der Waals surface area contributed by atoms with Crippen LogP contribution in [0.4, 0.5) is 0 Å². The Morgan fingerprint density at radius 1 is 1.46 bits per heavy atom. The van der Waals surface area contributed by atoms with Gasteiger partial charge in [0.25, 0.3) is 0 Å². The molecule has 13 heavy (non-hydrogen) atoms. The quantitative estimate of drug-likeness (QED) is 0.709. The third-order valence-corrected chi connectivity index (χ3v) is 2.90. The molecule has 3 heteroatoms. The van der Waals surface area contributed by atoms with E-state index in [1.807, 2.05) is 6.92 Å². The number of carbonyl (C=O) groups is 2. The van der Waals surface area contributed by atoms with Crippen molar-refractivity contribution >= 4 is 11.8 Å². The molecule has 0 heterocycles. The monoisotopic (exact) mass is 184 g/mol. The highest BCUT2D eigenvalue weighted by atomic mass is 16.4. The van der Waals surface area contributed by atoms with Gasteiger partial charge in [0.2, 0.25) is 0 Å². The average Bonchev–Trinajstić information content (AvgIpc) is 2.79. The zero-order valence-corrected chi connectivity index (χ0v) is 8.17. The first-order chi connectivity index (χ1) is 5.96. The second-order valence-electron chi connectivity index (χ2n) is 4.26. The Morgan fingerprint density at radius 3 is 2.38 bits per heavy atom. The Kier molecular flexibility index (Phi) is 2.74. The van der Waals surface area contributed by atoms with Crippen LogP contribution in [-0.2, 0) is 9.59 Å². The minimum atomic E-state index is -0.811. The number of rotatable bonds is 5. The van der Waals surface area contributed by atoms with Crippen LogP contribution in [0.3, 0.4) is 0 Å². The van der Waals surface area contributed by atoms with Crippen LogP contribution < -0.4 is 0 Å². The van der Waals surface area contributed by atoms with Gasteiger partial charge in [-0.3, -0.25) is 9.59 Å². The molecule has 1 fully saturated rings. The van der Waals surface area contributed by atoms with Gasteiger partial charge in [0.05, 0.1) is 5.92 Å². The van der Waals surface area contributed by atoms with Gasteiger partial charge < -0.3 is 5.11 Å². The fourth-order valence-electron chi connectivity index (χ4n) is 1.24. The number of hydrogen-bond acceptors (Lipinski definition) is 2. The molecule has 1 atom stereocenters. The normalized spacial score (nSPS) is 20.8. The van der Waals surface area contributed by atoms with Crippen LogP contribution in [0.5, 0.6) is 0 Å². The zero-order chi connectivity index (χ0) is 10.1. The van der Waals surface area contributed by atoms with Crippen LogP contribution >= 0.6 is 0 Å². The summed E-state index contributed by atoms with van der Waals surface area (Å²) in [5.41, 5.74) is -0.0990. The van der Waals surface area contributed by atoms with Crippen molar-refractivity contribution in [3.8, 4) is 0 Å². The number of carboxylic acids is 1. The average molecular weight is 184 g/mol. The fraction of sp³-hybridized carbons (Fsp3) is 0.800. The van der Waals surface area contributed by atoms with Gasteiger partial charge in [0.1, 0.15) is 5.78 Å². The van der Waals surface area contributed by atoms with Crippen molar-refractivity contribution in [2.75, 3.05) is 0 Å². The molecule has 1 aliphatic rings. The Morgan fingerprint density at radius 2 is 2.00 bits per heavy atom. The van der Waals surface area contributed by atoms with Crippen LogP contribution in [-0.4, -0.2) is 16.9 Å². The fourth-order valence-corrected chi connectivity index (χ4v) is 1.24. The minimum Gasteiger partial charge on any atom is -0.481 e. The Hall–Kier alpha value is -0.860.